The van der Waals surface area contributed by atoms with Gasteiger partial charge in [0.15, 0.2) is 0 Å². The number of carbonyl (C=O) groups is 1. The summed E-state index contributed by atoms with van der Waals surface area (Å²) >= 11 is 6.08. The van der Waals surface area contributed by atoms with E-state index in [1.807, 2.05) is 37.8 Å². The number of benzene rings is 1. The van der Waals surface area contributed by atoms with Crippen molar-refractivity contribution >= 4 is 23.2 Å². The van der Waals surface area contributed by atoms with E-state index in [1.165, 1.54) is 0 Å². The molecule has 1 fully saturated rings. The lowest BCUT2D eigenvalue weighted by molar-refractivity contribution is -0.139. The molecule has 1 heterocycles. The van der Waals surface area contributed by atoms with Crippen LogP contribution in [0.5, 0.6) is 0 Å². The highest BCUT2D eigenvalue weighted by atomic mass is 35.5. The Bertz CT molecular complexity index is 511. The van der Waals surface area contributed by atoms with Crippen molar-refractivity contribution in [2.75, 3.05) is 25.0 Å². The number of nitrogens with one attached hydrogen (secondary N) is 1. The molecule has 1 aliphatic heterocycles. The van der Waals surface area contributed by atoms with Gasteiger partial charge in [-0.1, -0.05) is 31.5 Å². The molecule has 5 heteroatoms. The predicted octanol–water partition coefficient (Wildman–Crippen LogP) is 2.29. The molecule has 0 spiro atoms. The van der Waals surface area contributed by atoms with Crippen LogP contribution in [0.3, 0.4) is 0 Å². The van der Waals surface area contributed by atoms with Crippen molar-refractivity contribution in [2.24, 2.45) is 5.92 Å². The second-order valence-electron chi connectivity index (χ2n) is 5.93. The Morgan fingerprint density at radius 3 is 2.70 bits per heavy atom. The molecule has 1 saturated heterocycles. The Morgan fingerprint density at radius 1 is 1.50 bits per heavy atom. The van der Waals surface area contributed by atoms with Crippen molar-refractivity contribution in [2.45, 2.75) is 26.4 Å². The van der Waals surface area contributed by atoms with Crippen LogP contribution < -0.4 is 5.32 Å². The first-order valence-electron chi connectivity index (χ1n) is 6.81. The number of rotatable bonds is 4. The van der Waals surface area contributed by atoms with Crippen molar-refractivity contribution in [3.8, 4) is 0 Å². The van der Waals surface area contributed by atoms with Gasteiger partial charge in [-0.25, -0.2) is 0 Å². The summed E-state index contributed by atoms with van der Waals surface area (Å²) < 4.78 is 0. The summed E-state index contributed by atoms with van der Waals surface area (Å²) in [6.45, 7) is 7.29. The van der Waals surface area contributed by atoms with Crippen LogP contribution >= 0.6 is 11.6 Å². The normalized spacial score (nSPS) is 17.9. The van der Waals surface area contributed by atoms with Crippen LogP contribution in [0.15, 0.2) is 18.2 Å². The van der Waals surface area contributed by atoms with E-state index < -0.39 is 5.60 Å². The summed E-state index contributed by atoms with van der Waals surface area (Å²) in [5, 5.41) is 13.5. The highest BCUT2D eigenvalue weighted by Crippen LogP contribution is 2.28. The quantitative estimate of drug-likeness (QED) is 0.896. The average molecular weight is 297 g/mol. The Balaban J connectivity index is 1.85. The SMILES string of the molecule is Cc1ccc(NC(=O)CN2CC(O)(C(C)C)C2)c(Cl)c1. The van der Waals surface area contributed by atoms with E-state index in [4.69, 9.17) is 11.6 Å². The maximum absolute atomic E-state index is 11.9. The second kappa shape index (κ2) is 5.72. The molecule has 0 aliphatic carbocycles. The summed E-state index contributed by atoms with van der Waals surface area (Å²) in [6.07, 6.45) is 0. The Morgan fingerprint density at radius 2 is 2.15 bits per heavy atom. The summed E-state index contributed by atoms with van der Waals surface area (Å²) in [7, 11) is 0. The third kappa shape index (κ3) is 3.32. The van der Waals surface area contributed by atoms with Crippen LogP contribution in [-0.4, -0.2) is 41.1 Å². The number of aryl methyl sites for hydroxylation is 1. The number of anilines is 1. The van der Waals surface area contributed by atoms with Crippen molar-refractivity contribution in [1.82, 2.24) is 4.90 Å². The average Bonchev–Trinajstić information content (AvgIpc) is 2.30. The minimum absolute atomic E-state index is 0.110. The van der Waals surface area contributed by atoms with Gasteiger partial charge in [-0.15, -0.1) is 0 Å². The van der Waals surface area contributed by atoms with Gasteiger partial charge in [0, 0.05) is 13.1 Å². The highest BCUT2D eigenvalue weighted by Gasteiger charge is 2.43. The molecular formula is C15H21ClN2O2. The molecule has 1 aliphatic rings. The van der Waals surface area contributed by atoms with E-state index in [0.29, 0.717) is 23.8 Å². The largest absolute Gasteiger partial charge is 0.387 e. The maximum atomic E-state index is 11.9. The van der Waals surface area contributed by atoms with Crippen LogP contribution in [0.1, 0.15) is 19.4 Å². The highest BCUT2D eigenvalue weighted by molar-refractivity contribution is 6.33. The molecule has 1 aromatic rings. The molecule has 1 aromatic carbocycles. The number of hydrogen-bond acceptors (Lipinski definition) is 3. The van der Waals surface area contributed by atoms with Gasteiger partial charge in [0.05, 0.1) is 22.9 Å². The molecule has 4 nitrogen and oxygen atoms in total. The molecule has 0 unspecified atom stereocenters. The fraction of sp³-hybridized carbons (Fsp3) is 0.533. The summed E-state index contributed by atoms with van der Waals surface area (Å²) in [6, 6.07) is 5.52. The van der Waals surface area contributed by atoms with E-state index >= 15 is 0 Å². The van der Waals surface area contributed by atoms with Crippen LogP contribution in [0.25, 0.3) is 0 Å². The molecule has 0 bridgehead atoms. The van der Waals surface area contributed by atoms with Gasteiger partial charge in [-0.3, -0.25) is 9.69 Å². The standard InChI is InChI=1S/C15H21ClN2O2/c1-10(2)15(20)8-18(9-15)7-14(19)17-13-5-4-11(3)6-12(13)16/h4-6,10,20H,7-9H2,1-3H3,(H,17,19). The second-order valence-corrected chi connectivity index (χ2v) is 6.34. The van der Waals surface area contributed by atoms with Gasteiger partial charge < -0.3 is 10.4 Å². The van der Waals surface area contributed by atoms with Crippen molar-refractivity contribution in [3.05, 3.63) is 28.8 Å². The third-order valence-electron chi connectivity index (χ3n) is 3.84. The van der Waals surface area contributed by atoms with Gasteiger partial charge >= 0.3 is 0 Å². The minimum Gasteiger partial charge on any atom is -0.387 e. The fourth-order valence-corrected chi connectivity index (χ4v) is 2.60. The van der Waals surface area contributed by atoms with Gasteiger partial charge in [0.1, 0.15) is 0 Å². The molecule has 110 valence electrons. The summed E-state index contributed by atoms with van der Waals surface area (Å²) in [5.41, 5.74) is 1.03. The summed E-state index contributed by atoms with van der Waals surface area (Å²) in [5.74, 6) is 0.0925. The van der Waals surface area contributed by atoms with Gasteiger partial charge in [-0.2, -0.15) is 0 Å². The topological polar surface area (TPSA) is 52.6 Å². The molecule has 0 atom stereocenters. The van der Waals surface area contributed by atoms with Crippen molar-refractivity contribution in [3.63, 3.8) is 0 Å². The molecule has 0 radical (unpaired) electrons. The fourth-order valence-electron chi connectivity index (χ4n) is 2.32. The number of amides is 1. The summed E-state index contributed by atoms with van der Waals surface area (Å²) in [4.78, 5) is 13.9. The lowest BCUT2D eigenvalue weighted by Gasteiger charge is -2.48. The number of nitrogens with zero attached hydrogens (tertiary/aromatic N) is 1. The lowest BCUT2D eigenvalue weighted by Crippen LogP contribution is -2.65. The molecule has 2 N–H and O–H groups in total. The van der Waals surface area contributed by atoms with E-state index in [1.54, 1.807) is 6.07 Å². The number of aliphatic hydroxyl groups is 1. The minimum atomic E-state index is -0.651. The first-order valence-corrected chi connectivity index (χ1v) is 7.19. The van der Waals surface area contributed by atoms with Gasteiger partial charge in [0.25, 0.3) is 0 Å². The van der Waals surface area contributed by atoms with Crippen LogP contribution in [-0.2, 0) is 4.79 Å². The molecular weight excluding hydrogens is 276 g/mol. The predicted molar refractivity (Wildman–Crippen MR) is 81.0 cm³/mol. The molecule has 2 rings (SSSR count). The Hall–Kier alpha value is -1.10. The third-order valence-corrected chi connectivity index (χ3v) is 4.15. The Kier molecular flexibility index (Phi) is 4.37. The van der Waals surface area contributed by atoms with E-state index in [0.717, 1.165) is 5.56 Å². The van der Waals surface area contributed by atoms with Crippen molar-refractivity contribution in [1.29, 1.82) is 0 Å². The first kappa shape index (κ1) is 15.3. The zero-order chi connectivity index (χ0) is 14.9. The Labute approximate surface area is 124 Å². The monoisotopic (exact) mass is 296 g/mol. The van der Waals surface area contributed by atoms with E-state index in [2.05, 4.69) is 5.32 Å². The molecule has 1 amide bonds. The number of β-amino-alcohol motifs (C(OH)–C–C–N with tert-alkyl or cyclic N) is 1. The van der Waals surface area contributed by atoms with Gasteiger partial charge in [0.2, 0.25) is 5.91 Å². The molecule has 20 heavy (non-hydrogen) atoms. The van der Waals surface area contributed by atoms with Crippen LogP contribution in [0.2, 0.25) is 5.02 Å². The molecule has 0 saturated carbocycles. The zero-order valence-electron chi connectivity index (χ0n) is 12.1. The van der Waals surface area contributed by atoms with Crippen LogP contribution in [0, 0.1) is 12.8 Å². The molecule has 0 aromatic heterocycles. The van der Waals surface area contributed by atoms with Gasteiger partial charge in [-0.05, 0) is 30.5 Å². The number of halogens is 1. The van der Waals surface area contributed by atoms with E-state index in [9.17, 15) is 9.90 Å². The number of hydrogen-bond donors (Lipinski definition) is 2. The van der Waals surface area contributed by atoms with Crippen LogP contribution in [0.4, 0.5) is 5.69 Å². The number of carbonyl (C=O) groups excluding carboxylic acids is 1. The zero-order valence-corrected chi connectivity index (χ0v) is 12.9. The first-order chi connectivity index (χ1) is 9.30. The smallest absolute Gasteiger partial charge is 0.238 e. The number of likely N-dealkylation sites (tertiary alicyclic amines) is 1. The van der Waals surface area contributed by atoms with Crippen molar-refractivity contribution < 1.29 is 9.90 Å². The maximum Gasteiger partial charge on any atom is 0.238 e. The lowest BCUT2D eigenvalue weighted by atomic mass is 9.83. The van der Waals surface area contributed by atoms with E-state index in [-0.39, 0.29) is 18.4 Å².